The third-order valence-corrected chi connectivity index (χ3v) is 5.52. The second-order valence-electron chi connectivity index (χ2n) is 5.97. The van der Waals surface area contributed by atoms with Gasteiger partial charge in [-0.3, -0.25) is 4.79 Å². The Morgan fingerprint density at radius 1 is 1.48 bits per heavy atom. The Kier molecular flexibility index (Phi) is 5.92. The van der Waals surface area contributed by atoms with Crippen molar-refractivity contribution < 1.29 is 19.4 Å². The van der Waals surface area contributed by atoms with Gasteiger partial charge in [0.1, 0.15) is 0 Å². The molecule has 2 unspecified atom stereocenters. The molecule has 0 spiro atoms. The number of β-amino-alcohol motifs (C(OH)–C–C–N with tert-alkyl or cyclic N) is 1. The first kappa shape index (κ1) is 19.5. The number of carbonyl (C=O) groups excluding carboxylic acids is 2. The zero-order valence-electron chi connectivity index (χ0n) is 14.7. The fraction of sp³-hybridized carbons (Fsp3) is 0.533. The molecule has 2 aromatic rings. The topological polar surface area (TPSA) is 133 Å². The number of rotatable bonds is 5. The number of imidazole rings is 1. The summed E-state index contributed by atoms with van der Waals surface area (Å²) >= 11 is 7.05. The lowest BCUT2D eigenvalue weighted by Crippen LogP contribution is -2.54. The standard InChI is InChI=1S/C15H19ClN6O4S/c1-3-7-10(16)19-11(17-7)12(24)18-8-4-5-22(6-9(8)23)15-21-20-13(27-15)14(25)26-2/h8-9,23H,3-6H2,1-2H3,(H,17,19)(H,18,24). The predicted molar refractivity (Wildman–Crippen MR) is 98.3 cm³/mol. The molecule has 0 saturated carbocycles. The average molecular weight is 415 g/mol. The van der Waals surface area contributed by atoms with Crippen molar-refractivity contribution in [3.05, 3.63) is 21.7 Å². The van der Waals surface area contributed by atoms with E-state index in [9.17, 15) is 14.7 Å². The molecule has 0 radical (unpaired) electrons. The average Bonchev–Trinajstić information content (AvgIpc) is 3.29. The normalized spacial score (nSPS) is 19.8. The van der Waals surface area contributed by atoms with Gasteiger partial charge in [-0.15, -0.1) is 10.2 Å². The maximum absolute atomic E-state index is 12.3. The SMILES string of the molecule is CCc1[nH]c(C(=O)NC2CCN(c3nnc(C(=O)OC)s3)CC2O)nc1Cl. The van der Waals surface area contributed by atoms with Gasteiger partial charge in [0.2, 0.25) is 10.1 Å². The number of piperidine rings is 1. The number of nitrogens with one attached hydrogen (secondary N) is 2. The lowest BCUT2D eigenvalue weighted by atomic mass is 10.0. The number of aliphatic hydroxyl groups is 1. The van der Waals surface area contributed by atoms with Gasteiger partial charge in [-0.1, -0.05) is 29.9 Å². The molecule has 2 aromatic heterocycles. The number of hydrogen-bond acceptors (Lipinski definition) is 9. The van der Waals surface area contributed by atoms with Gasteiger partial charge in [-0.2, -0.15) is 0 Å². The van der Waals surface area contributed by atoms with Gasteiger partial charge in [0, 0.05) is 13.1 Å². The number of aliphatic hydroxyl groups excluding tert-OH is 1. The predicted octanol–water partition coefficient (Wildman–Crippen LogP) is 0.633. The second-order valence-corrected chi connectivity index (χ2v) is 7.29. The van der Waals surface area contributed by atoms with Crippen molar-refractivity contribution in [1.29, 1.82) is 0 Å². The molecular weight excluding hydrogens is 396 g/mol. The molecule has 3 heterocycles. The molecule has 0 aliphatic carbocycles. The Morgan fingerprint density at radius 2 is 2.26 bits per heavy atom. The number of esters is 1. The zero-order chi connectivity index (χ0) is 19.6. The lowest BCUT2D eigenvalue weighted by molar-refractivity contribution is 0.0599. The van der Waals surface area contributed by atoms with E-state index in [0.717, 1.165) is 11.3 Å². The smallest absolute Gasteiger partial charge is 0.369 e. The van der Waals surface area contributed by atoms with Crippen molar-refractivity contribution in [2.45, 2.75) is 31.9 Å². The zero-order valence-corrected chi connectivity index (χ0v) is 16.3. The van der Waals surface area contributed by atoms with Crippen LogP contribution in [0.1, 0.15) is 39.5 Å². The Hall–Kier alpha value is -2.24. The minimum atomic E-state index is -0.816. The number of carbonyl (C=O) groups is 2. The number of aryl methyl sites for hydroxylation is 1. The highest BCUT2D eigenvalue weighted by Gasteiger charge is 2.31. The molecule has 27 heavy (non-hydrogen) atoms. The fourth-order valence-corrected chi connectivity index (χ4v) is 3.82. The molecule has 1 saturated heterocycles. The fourth-order valence-electron chi connectivity index (χ4n) is 2.75. The number of aromatic nitrogens is 4. The number of ether oxygens (including phenoxy) is 1. The summed E-state index contributed by atoms with van der Waals surface area (Å²) in [6, 6.07) is -0.435. The van der Waals surface area contributed by atoms with Crippen LogP contribution in [0.4, 0.5) is 5.13 Å². The minimum absolute atomic E-state index is 0.123. The largest absolute Gasteiger partial charge is 0.464 e. The quantitative estimate of drug-likeness (QED) is 0.607. The maximum atomic E-state index is 12.3. The molecule has 146 valence electrons. The Morgan fingerprint density at radius 3 is 2.89 bits per heavy atom. The molecule has 0 bridgehead atoms. The van der Waals surface area contributed by atoms with Gasteiger partial charge in [-0.25, -0.2) is 9.78 Å². The van der Waals surface area contributed by atoms with Gasteiger partial charge in [0.05, 0.1) is 24.9 Å². The van der Waals surface area contributed by atoms with Crippen LogP contribution in [0.5, 0.6) is 0 Å². The van der Waals surface area contributed by atoms with Gasteiger partial charge >= 0.3 is 5.97 Å². The lowest BCUT2D eigenvalue weighted by Gasteiger charge is -2.35. The Labute approximate surface area is 163 Å². The summed E-state index contributed by atoms with van der Waals surface area (Å²) < 4.78 is 4.61. The summed E-state index contributed by atoms with van der Waals surface area (Å²) in [6.45, 7) is 2.69. The van der Waals surface area contributed by atoms with Crippen molar-refractivity contribution in [2.75, 3.05) is 25.1 Å². The molecule has 1 fully saturated rings. The summed E-state index contributed by atoms with van der Waals surface area (Å²) in [7, 11) is 1.27. The summed E-state index contributed by atoms with van der Waals surface area (Å²) in [5.41, 5.74) is 0.690. The number of H-pyrrole nitrogens is 1. The summed E-state index contributed by atoms with van der Waals surface area (Å²) in [5, 5.41) is 21.9. The molecule has 12 heteroatoms. The Balaban J connectivity index is 1.60. The van der Waals surface area contributed by atoms with E-state index in [1.807, 2.05) is 11.8 Å². The molecule has 10 nitrogen and oxygen atoms in total. The summed E-state index contributed by atoms with van der Waals surface area (Å²) in [6.07, 6.45) is 0.314. The van der Waals surface area contributed by atoms with Crippen LogP contribution >= 0.6 is 22.9 Å². The van der Waals surface area contributed by atoms with Crippen molar-refractivity contribution in [3.8, 4) is 0 Å². The van der Waals surface area contributed by atoms with Crippen LogP contribution in [0.3, 0.4) is 0 Å². The highest BCUT2D eigenvalue weighted by Crippen LogP contribution is 2.24. The molecule has 1 aliphatic heterocycles. The molecule has 3 N–H and O–H groups in total. The van der Waals surface area contributed by atoms with Crippen molar-refractivity contribution in [2.24, 2.45) is 0 Å². The second kappa shape index (κ2) is 8.19. The third kappa shape index (κ3) is 4.20. The van der Waals surface area contributed by atoms with E-state index in [-0.39, 0.29) is 22.5 Å². The van der Waals surface area contributed by atoms with E-state index < -0.39 is 24.0 Å². The summed E-state index contributed by atoms with van der Waals surface area (Å²) in [5.74, 6) is -0.846. The van der Waals surface area contributed by atoms with E-state index in [2.05, 4.69) is 30.2 Å². The number of amides is 1. The molecule has 3 rings (SSSR count). The number of halogens is 1. The molecular formula is C15H19ClN6O4S. The van der Waals surface area contributed by atoms with E-state index in [1.165, 1.54) is 7.11 Å². The number of hydrogen-bond donors (Lipinski definition) is 3. The van der Waals surface area contributed by atoms with Crippen LogP contribution in [0.25, 0.3) is 0 Å². The molecule has 0 aromatic carbocycles. The maximum Gasteiger partial charge on any atom is 0.369 e. The van der Waals surface area contributed by atoms with Crippen LogP contribution in [0, 0.1) is 0 Å². The monoisotopic (exact) mass is 414 g/mol. The van der Waals surface area contributed by atoms with Gasteiger partial charge in [-0.05, 0) is 12.8 Å². The first-order valence-electron chi connectivity index (χ1n) is 8.33. The molecule has 1 aliphatic rings. The van der Waals surface area contributed by atoms with Crippen molar-refractivity contribution in [3.63, 3.8) is 0 Å². The number of aromatic amines is 1. The van der Waals surface area contributed by atoms with Crippen LogP contribution in [-0.2, 0) is 11.2 Å². The van der Waals surface area contributed by atoms with Crippen molar-refractivity contribution in [1.82, 2.24) is 25.5 Å². The van der Waals surface area contributed by atoms with Crippen LogP contribution in [0.2, 0.25) is 5.15 Å². The third-order valence-electron chi connectivity index (χ3n) is 4.24. The van der Waals surface area contributed by atoms with E-state index in [4.69, 9.17) is 11.6 Å². The summed E-state index contributed by atoms with van der Waals surface area (Å²) in [4.78, 5) is 32.5. The first-order chi connectivity index (χ1) is 12.9. The van der Waals surface area contributed by atoms with E-state index in [1.54, 1.807) is 0 Å². The highest BCUT2D eigenvalue weighted by atomic mass is 35.5. The number of nitrogens with zero attached hydrogens (tertiary/aromatic N) is 4. The Bertz CT molecular complexity index is 840. The van der Waals surface area contributed by atoms with Crippen LogP contribution < -0.4 is 10.2 Å². The van der Waals surface area contributed by atoms with Crippen LogP contribution in [0.15, 0.2) is 0 Å². The minimum Gasteiger partial charge on any atom is -0.464 e. The van der Waals surface area contributed by atoms with E-state index >= 15 is 0 Å². The van der Waals surface area contributed by atoms with Gasteiger partial charge in [0.25, 0.3) is 5.91 Å². The highest BCUT2D eigenvalue weighted by molar-refractivity contribution is 7.17. The molecule has 1 amide bonds. The molecule has 2 atom stereocenters. The van der Waals surface area contributed by atoms with E-state index in [0.29, 0.717) is 30.2 Å². The van der Waals surface area contributed by atoms with Gasteiger partial charge in [0.15, 0.2) is 11.0 Å². The first-order valence-corrected chi connectivity index (χ1v) is 9.52. The number of methoxy groups -OCH3 is 1. The van der Waals surface area contributed by atoms with Crippen LogP contribution in [-0.4, -0.2) is 69.5 Å². The number of anilines is 1. The van der Waals surface area contributed by atoms with Gasteiger partial charge < -0.3 is 25.0 Å². The van der Waals surface area contributed by atoms with Crippen molar-refractivity contribution >= 4 is 39.9 Å².